The van der Waals surface area contributed by atoms with Gasteiger partial charge < -0.3 is 14.2 Å². The smallest absolute Gasteiger partial charge is 0.306 e. The third-order valence-electron chi connectivity index (χ3n) is 12.5. The van der Waals surface area contributed by atoms with Crippen molar-refractivity contribution in [2.24, 2.45) is 11.8 Å². The average molecular weight is 863 g/mol. The van der Waals surface area contributed by atoms with Crippen molar-refractivity contribution in [3.05, 3.63) is 0 Å². The fraction of sp³-hybridized carbons (Fsp3) is 0.945. The van der Waals surface area contributed by atoms with Gasteiger partial charge in [0.2, 0.25) is 0 Å². The summed E-state index contributed by atoms with van der Waals surface area (Å²) in [7, 11) is 0. The van der Waals surface area contributed by atoms with Crippen LogP contribution in [0.25, 0.3) is 0 Å². The van der Waals surface area contributed by atoms with E-state index in [1.807, 2.05) is 0 Å². The van der Waals surface area contributed by atoms with Crippen LogP contribution in [0.5, 0.6) is 0 Å². The minimum Gasteiger partial charge on any atom is -0.462 e. The van der Waals surface area contributed by atoms with Crippen molar-refractivity contribution in [2.45, 2.75) is 310 Å². The van der Waals surface area contributed by atoms with Crippen LogP contribution in [0, 0.1) is 11.8 Å². The Balaban J connectivity index is 4.26. The Morgan fingerprint density at radius 1 is 0.311 bits per heavy atom. The number of carbonyl (C=O) groups is 3. The van der Waals surface area contributed by atoms with Gasteiger partial charge in [-0.15, -0.1) is 0 Å². The van der Waals surface area contributed by atoms with Gasteiger partial charge in [-0.25, -0.2) is 0 Å². The molecule has 0 aromatic heterocycles. The summed E-state index contributed by atoms with van der Waals surface area (Å²) in [6.07, 6.45) is 49.6. The number of carbonyl (C=O) groups excluding carboxylic acids is 3. The van der Waals surface area contributed by atoms with Crippen LogP contribution in [0.15, 0.2) is 0 Å². The lowest BCUT2D eigenvalue weighted by molar-refractivity contribution is -0.167. The fourth-order valence-electron chi connectivity index (χ4n) is 8.34. The van der Waals surface area contributed by atoms with E-state index in [0.717, 1.165) is 69.6 Å². The summed E-state index contributed by atoms with van der Waals surface area (Å²) < 4.78 is 16.8. The first-order valence-electron chi connectivity index (χ1n) is 27.2. The second-order valence-electron chi connectivity index (χ2n) is 19.8. The highest BCUT2D eigenvalue weighted by atomic mass is 16.6. The zero-order valence-corrected chi connectivity index (χ0v) is 41.8. The van der Waals surface area contributed by atoms with Gasteiger partial charge in [0.25, 0.3) is 0 Å². The molecule has 0 unspecified atom stereocenters. The summed E-state index contributed by atoms with van der Waals surface area (Å²) in [5, 5.41) is 0. The third-order valence-corrected chi connectivity index (χ3v) is 12.5. The van der Waals surface area contributed by atoms with E-state index in [2.05, 4.69) is 34.6 Å². The fourth-order valence-corrected chi connectivity index (χ4v) is 8.34. The SMILES string of the molecule is CCCCCCCCCCCCCCCCCCCCC(=O)OC[C@H](COC(=O)CCCCCCCCCCCCCC(C)C)OC(=O)CCCCCCCCCCC(C)C. The maximum absolute atomic E-state index is 12.8. The van der Waals surface area contributed by atoms with Gasteiger partial charge in [-0.3, -0.25) is 14.4 Å². The van der Waals surface area contributed by atoms with Crippen LogP contribution in [-0.4, -0.2) is 37.2 Å². The molecule has 0 amide bonds. The summed E-state index contributed by atoms with van der Waals surface area (Å²) in [6.45, 7) is 11.3. The highest BCUT2D eigenvalue weighted by molar-refractivity contribution is 5.71. The molecule has 0 aromatic rings. The minimum atomic E-state index is -0.762. The summed E-state index contributed by atoms with van der Waals surface area (Å²) in [4.78, 5) is 38.0. The van der Waals surface area contributed by atoms with Gasteiger partial charge in [0.05, 0.1) is 0 Å². The van der Waals surface area contributed by atoms with Crippen LogP contribution in [-0.2, 0) is 28.6 Å². The van der Waals surface area contributed by atoms with Crippen LogP contribution in [0.1, 0.15) is 304 Å². The van der Waals surface area contributed by atoms with E-state index in [9.17, 15) is 14.4 Å². The largest absolute Gasteiger partial charge is 0.462 e. The first-order valence-corrected chi connectivity index (χ1v) is 27.2. The molecule has 0 N–H and O–H groups in total. The Bertz CT molecular complexity index is 931. The second-order valence-corrected chi connectivity index (χ2v) is 19.8. The van der Waals surface area contributed by atoms with Crippen molar-refractivity contribution in [3.63, 3.8) is 0 Å². The molecule has 0 heterocycles. The molecular weight excluding hydrogens is 757 g/mol. The number of hydrogen-bond acceptors (Lipinski definition) is 6. The molecule has 0 fully saturated rings. The molecule has 0 rings (SSSR count). The maximum atomic E-state index is 12.8. The number of ether oxygens (including phenoxy) is 3. The molecule has 0 aliphatic heterocycles. The molecule has 0 aromatic carbocycles. The van der Waals surface area contributed by atoms with Gasteiger partial charge in [0, 0.05) is 19.3 Å². The molecule has 6 nitrogen and oxygen atoms in total. The molecule has 0 saturated carbocycles. The summed E-state index contributed by atoms with van der Waals surface area (Å²) in [6, 6.07) is 0. The molecule has 362 valence electrons. The van der Waals surface area contributed by atoms with Gasteiger partial charge in [0.1, 0.15) is 13.2 Å². The van der Waals surface area contributed by atoms with E-state index in [0.29, 0.717) is 19.3 Å². The molecule has 0 radical (unpaired) electrons. The van der Waals surface area contributed by atoms with Crippen molar-refractivity contribution in [1.29, 1.82) is 0 Å². The van der Waals surface area contributed by atoms with Crippen LogP contribution < -0.4 is 0 Å². The molecule has 0 saturated heterocycles. The lowest BCUT2D eigenvalue weighted by Gasteiger charge is -2.18. The van der Waals surface area contributed by atoms with Gasteiger partial charge >= 0.3 is 17.9 Å². The normalized spacial score (nSPS) is 12.0. The first kappa shape index (κ1) is 59.4. The lowest BCUT2D eigenvalue weighted by atomic mass is 10.0. The summed E-state index contributed by atoms with van der Waals surface area (Å²) in [5.41, 5.74) is 0. The monoisotopic (exact) mass is 863 g/mol. The zero-order valence-electron chi connectivity index (χ0n) is 41.8. The third kappa shape index (κ3) is 49.3. The molecule has 0 aliphatic carbocycles. The molecular formula is C55H106O6. The van der Waals surface area contributed by atoms with Crippen LogP contribution in [0.2, 0.25) is 0 Å². The van der Waals surface area contributed by atoms with Crippen molar-refractivity contribution in [3.8, 4) is 0 Å². The summed E-state index contributed by atoms with van der Waals surface area (Å²) in [5.74, 6) is 0.773. The highest BCUT2D eigenvalue weighted by Gasteiger charge is 2.19. The molecule has 1 atom stereocenters. The molecule has 0 spiro atoms. The van der Waals surface area contributed by atoms with Crippen molar-refractivity contribution >= 4 is 17.9 Å². The summed E-state index contributed by atoms with van der Waals surface area (Å²) >= 11 is 0. The van der Waals surface area contributed by atoms with Crippen molar-refractivity contribution < 1.29 is 28.6 Å². The molecule has 0 bridgehead atoms. The zero-order chi connectivity index (χ0) is 44.7. The van der Waals surface area contributed by atoms with Gasteiger partial charge in [-0.05, 0) is 31.1 Å². The topological polar surface area (TPSA) is 78.9 Å². The van der Waals surface area contributed by atoms with Crippen LogP contribution in [0.3, 0.4) is 0 Å². The number of unbranched alkanes of at least 4 members (excludes halogenated alkanes) is 34. The Kier molecular flexibility index (Phi) is 46.6. The van der Waals surface area contributed by atoms with E-state index in [-0.39, 0.29) is 31.1 Å². The molecule has 0 aliphatic rings. The second kappa shape index (κ2) is 47.9. The quantitative estimate of drug-likeness (QED) is 0.0344. The van der Waals surface area contributed by atoms with Gasteiger partial charge in [-0.2, -0.15) is 0 Å². The van der Waals surface area contributed by atoms with E-state index >= 15 is 0 Å². The molecule has 6 heteroatoms. The van der Waals surface area contributed by atoms with E-state index in [1.54, 1.807) is 0 Å². The van der Waals surface area contributed by atoms with Crippen LogP contribution in [0.4, 0.5) is 0 Å². The maximum Gasteiger partial charge on any atom is 0.306 e. The minimum absolute atomic E-state index is 0.0638. The number of esters is 3. The Morgan fingerprint density at radius 3 is 0.803 bits per heavy atom. The Labute approximate surface area is 380 Å². The van der Waals surface area contributed by atoms with E-state index < -0.39 is 6.10 Å². The number of hydrogen-bond donors (Lipinski definition) is 0. The standard InChI is InChI=1S/C55H106O6/c1-6-7-8-9-10-11-12-13-14-15-16-17-18-21-24-30-35-40-45-53(56)59-48-52(61-55(58)47-42-37-32-27-26-29-34-39-44-51(4)5)49-60-54(57)46-41-36-31-25-22-19-20-23-28-33-38-43-50(2)3/h50-52H,6-49H2,1-5H3/t52-/m1/s1. The van der Waals surface area contributed by atoms with Gasteiger partial charge in [-0.1, -0.05) is 266 Å². The van der Waals surface area contributed by atoms with Crippen LogP contribution >= 0.6 is 0 Å². The highest BCUT2D eigenvalue weighted by Crippen LogP contribution is 2.18. The van der Waals surface area contributed by atoms with E-state index in [4.69, 9.17) is 14.2 Å². The Morgan fingerprint density at radius 2 is 0.541 bits per heavy atom. The van der Waals surface area contributed by atoms with Gasteiger partial charge in [0.15, 0.2) is 6.10 Å². The van der Waals surface area contributed by atoms with Crippen molar-refractivity contribution in [2.75, 3.05) is 13.2 Å². The lowest BCUT2D eigenvalue weighted by Crippen LogP contribution is -2.30. The van der Waals surface area contributed by atoms with E-state index in [1.165, 1.54) is 193 Å². The average Bonchev–Trinajstić information content (AvgIpc) is 3.23. The van der Waals surface area contributed by atoms with Crippen molar-refractivity contribution in [1.82, 2.24) is 0 Å². The first-order chi connectivity index (χ1) is 29.7. The predicted molar refractivity (Wildman–Crippen MR) is 261 cm³/mol. The predicted octanol–water partition coefficient (Wildman–Crippen LogP) is 17.7. The number of rotatable bonds is 49. The molecule has 61 heavy (non-hydrogen) atoms. The Hall–Kier alpha value is -1.59.